The summed E-state index contributed by atoms with van der Waals surface area (Å²) in [6.45, 7) is 4.92. The van der Waals surface area contributed by atoms with Gasteiger partial charge in [0.1, 0.15) is 10.9 Å². The second kappa shape index (κ2) is 7.09. The van der Waals surface area contributed by atoms with E-state index in [1.54, 1.807) is 23.9 Å². The van der Waals surface area contributed by atoms with E-state index in [2.05, 4.69) is 10.3 Å². The Balaban J connectivity index is 2.42. The van der Waals surface area contributed by atoms with Crippen molar-refractivity contribution in [3.8, 4) is 0 Å². The molecule has 0 spiro atoms. The zero-order chi connectivity index (χ0) is 18.8. The fourth-order valence-corrected chi connectivity index (χ4v) is 2.96. The molecule has 0 fully saturated rings. The first-order chi connectivity index (χ1) is 12.5. The van der Waals surface area contributed by atoms with Crippen molar-refractivity contribution in [2.24, 2.45) is 0 Å². The number of anilines is 1. The van der Waals surface area contributed by atoms with E-state index in [9.17, 15) is 9.59 Å². The van der Waals surface area contributed by atoms with Crippen LogP contribution in [0.2, 0.25) is 0 Å². The molecule has 0 saturated heterocycles. The van der Waals surface area contributed by atoms with Crippen molar-refractivity contribution < 1.29 is 14.1 Å². The molecular formula is C18H22N5O3+. The Bertz CT molecular complexity index is 1060. The van der Waals surface area contributed by atoms with Crippen LogP contribution in [0.5, 0.6) is 0 Å². The van der Waals surface area contributed by atoms with Gasteiger partial charge in [0, 0.05) is 25.4 Å². The quantitative estimate of drug-likeness (QED) is 0.510. The SMILES string of the molecule is CCNC(=O)c1cc2c(=O)n3cccc(C)c3nc2[n+](CCOC)c1N. The zero-order valence-electron chi connectivity index (χ0n) is 15.1. The number of aryl methyl sites for hydroxylation is 1. The molecule has 1 amide bonds. The fraction of sp³-hybridized carbons (Fsp3) is 0.333. The highest BCUT2D eigenvalue weighted by molar-refractivity contribution is 6.00. The largest absolute Gasteiger partial charge is 0.381 e. The Morgan fingerprint density at radius 1 is 1.46 bits per heavy atom. The average Bonchev–Trinajstić information content (AvgIpc) is 2.62. The third kappa shape index (κ3) is 2.88. The number of hydrogen-bond donors (Lipinski definition) is 2. The molecule has 3 heterocycles. The van der Waals surface area contributed by atoms with Gasteiger partial charge >= 0.3 is 0 Å². The van der Waals surface area contributed by atoms with Gasteiger partial charge in [-0.05, 0) is 26.0 Å². The molecule has 0 unspecified atom stereocenters. The lowest BCUT2D eigenvalue weighted by Gasteiger charge is -2.12. The van der Waals surface area contributed by atoms with Crippen molar-refractivity contribution in [3.63, 3.8) is 0 Å². The summed E-state index contributed by atoms with van der Waals surface area (Å²) in [6.07, 6.45) is 1.67. The number of pyridine rings is 2. The summed E-state index contributed by atoms with van der Waals surface area (Å²) in [6, 6.07) is 5.20. The Morgan fingerprint density at radius 3 is 2.92 bits per heavy atom. The van der Waals surface area contributed by atoms with Gasteiger partial charge < -0.3 is 15.8 Å². The standard InChI is InChI=1S/C18H21N5O3/c1-4-20-17(24)12-10-13-16(22(14(12)19)8-9-26-3)21-15-11(2)6-5-7-23(15)18(13)25/h5-7,10,19H,4,8-9H2,1-3H3,(H,20,24)/p+1. The molecule has 3 aromatic rings. The molecule has 136 valence electrons. The molecule has 0 bridgehead atoms. The monoisotopic (exact) mass is 356 g/mol. The number of nitrogen functional groups attached to an aromatic ring is 1. The van der Waals surface area contributed by atoms with Crippen molar-refractivity contribution in [2.75, 3.05) is 26.0 Å². The van der Waals surface area contributed by atoms with Crippen LogP contribution in [0.3, 0.4) is 0 Å². The van der Waals surface area contributed by atoms with E-state index in [1.165, 1.54) is 10.5 Å². The minimum absolute atomic E-state index is 0.245. The summed E-state index contributed by atoms with van der Waals surface area (Å²) in [4.78, 5) is 30.1. The van der Waals surface area contributed by atoms with Crippen LogP contribution in [0.1, 0.15) is 22.8 Å². The second-order valence-corrected chi connectivity index (χ2v) is 5.99. The van der Waals surface area contributed by atoms with Crippen molar-refractivity contribution >= 4 is 28.4 Å². The number of ether oxygens (including phenoxy) is 1. The van der Waals surface area contributed by atoms with Crippen LogP contribution in [0.15, 0.2) is 29.2 Å². The van der Waals surface area contributed by atoms with Crippen molar-refractivity contribution in [3.05, 3.63) is 45.9 Å². The van der Waals surface area contributed by atoms with E-state index >= 15 is 0 Å². The molecule has 0 aromatic carbocycles. The van der Waals surface area contributed by atoms with Crippen LogP contribution in [-0.2, 0) is 11.3 Å². The van der Waals surface area contributed by atoms with Crippen LogP contribution < -0.4 is 21.2 Å². The van der Waals surface area contributed by atoms with Crippen LogP contribution in [0.25, 0.3) is 16.7 Å². The van der Waals surface area contributed by atoms with Crippen LogP contribution >= 0.6 is 0 Å². The molecule has 3 N–H and O–H groups in total. The molecule has 0 saturated carbocycles. The highest BCUT2D eigenvalue weighted by Crippen LogP contribution is 2.15. The number of nitrogens with one attached hydrogen (secondary N) is 1. The predicted molar refractivity (Wildman–Crippen MR) is 98.2 cm³/mol. The molecule has 0 aliphatic heterocycles. The van der Waals surface area contributed by atoms with Gasteiger partial charge in [0.2, 0.25) is 11.5 Å². The van der Waals surface area contributed by atoms with Crippen molar-refractivity contribution in [1.82, 2.24) is 14.7 Å². The second-order valence-electron chi connectivity index (χ2n) is 5.99. The maximum Gasteiger partial charge on any atom is 0.278 e. The lowest BCUT2D eigenvalue weighted by atomic mass is 10.1. The zero-order valence-corrected chi connectivity index (χ0v) is 15.1. The predicted octanol–water partition coefficient (Wildman–Crippen LogP) is 0.422. The van der Waals surface area contributed by atoms with Crippen molar-refractivity contribution in [2.45, 2.75) is 20.4 Å². The van der Waals surface area contributed by atoms with Gasteiger partial charge in [-0.2, -0.15) is 0 Å². The number of amides is 1. The number of nitrogens with zero attached hydrogens (tertiary/aromatic N) is 3. The Hall–Kier alpha value is -3.00. The number of methoxy groups -OCH3 is 1. The first kappa shape index (κ1) is 17.8. The summed E-state index contributed by atoms with van der Waals surface area (Å²) in [5, 5.41) is 3.06. The summed E-state index contributed by atoms with van der Waals surface area (Å²) in [5.74, 6) is -0.0721. The van der Waals surface area contributed by atoms with E-state index in [0.29, 0.717) is 36.4 Å². The molecule has 8 nitrogen and oxygen atoms in total. The maximum absolute atomic E-state index is 13.0. The van der Waals surface area contributed by atoms with Gasteiger partial charge in [0.05, 0.1) is 13.2 Å². The van der Waals surface area contributed by atoms with Crippen LogP contribution in [0, 0.1) is 6.92 Å². The van der Waals surface area contributed by atoms with Gasteiger partial charge in [0.25, 0.3) is 17.1 Å². The van der Waals surface area contributed by atoms with E-state index in [-0.39, 0.29) is 22.8 Å². The van der Waals surface area contributed by atoms with E-state index < -0.39 is 0 Å². The average molecular weight is 356 g/mol. The molecule has 3 rings (SSSR count). The topological polar surface area (TPSA) is 103 Å². The lowest BCUT2D eigenvalue weighted by molar-refractivity contribution is -0.660. The van der Waals surface area contributed by atoms with Gasteiger partial charge in [-0.15, -0.1) is 0 Å². The number of aromatic nitrogens is 3. The molecular weight excluding hydrogens is 334 g/mol. The first-order valence-electron chi connectivity index (χ1n) is 8.40. The Morgan fingerprint density at radius 2 is 2.23 bits per heavy atom. The summed E-state index contributed by atoms with van der Waals surface area (Å²) < 4.78 is 8.30. The van der Waals surface area contributed by atoms with Gasteiger partial charge in [-0.3, -0.25) is 14.0 Å². The third-order valence-electron chi connectivity index (χ3n) is 4.28. The summed E-state index contributed by atoms with van der Waals surface area (Å²) in [5.41, 5.74) is 8.12. The normalized spacial score (nSPS) is 11.2. The van der Waals surface area contributed by atoms with Crippen molar-refractivity contribution in [1.29, 1.82) is 0 Å². The van der Waals surface area contributed by atoms with Crippen LogP contribution in [-0.4, -0.2) is 35.6 Å². The molecule has 0 aliphatic rings. The van der Waals surface area contributed by atoms with E-state index in [1.807, 2.05) is 19.9 Å². The third-order valence-corrected chi connectivity index (χ3v) is 4.28. The molecule has 0 radical (unpaired) electrons. The number of fused-ring (bicyclic) bond motifs is 2. The highest BCUT2D eigenvalue weighted by atomic mass is 16.5. The fourth-order valence-electron chi connectivity index (χ4n) is 2.96. The molecule has 26 heavy (non-hydrogen) atoms. The van der Waals surface area contributed by atoms with Gasteiger partial charge in [0.15, 0.2) is 0 Å². The Kier molecular flexibility index (Phi) is 4.85. The lowest BCUT2D eigenvalue weighted by Crippen LogP contribution is -2.44. The van der Waals surface area contributed by atoms with Gasteiger partial charge in [-0.1, -0.05) is 11.1 Å². The van der Waals surface area contributed by atoms with Gasteiger partial charge in [-0.25, -0.2) is 4.57 Å². The summed E-state index contributed by atoms with van der Waals surface area (Å²) >= 11 is 0. The number of carbonyl (C=O) groups excluding carboxylic acids is 1. The number of nitrogens with two attached hydrogens (primary N) is 1. The number of carbonyl (C=O) groups is 1. The summed E-state index contributed by atoms with van der Waals surface area (Å²) in [7, 11) is 1.58. The molecule has 8 heteroatoms. The van der Waals surface area contributed by atoms with E-state index in [0.717, 1.165) is 5.56 Å². The number of rotatable bonds is 5. The van der Waals surface area contributed by atoms with Crippen LogP contribution in [0.4, 0.5) is 5.82 Å². The smallest absolute Gasteiger partial charge is 0.278 e. The molecule has 0 atom stereocenters. The molecule has 3 aromatic heterocycles. The maximum atomic E-state index is 13.0. The minimum Gasteiger partial charge on any atom is -0.381 e. The highest BCUT2D eigenvalue weighted by Gasteiger charge is 2.24. The minimum atomic E-state index is -0.327. The Labute approximate surface area is 150 Å². The first-order valence-corrected chi connectivity index (χ1v) is 8.40. The van der Waals surface area contributed by atoms with E-state index in [4.69, 9.17) is 10.5 Å². The number of hydrogen-bond acceptors (Lipinski definition) is 5. The molecule has 0 aliphatic carbocycles.